The third-order valence-electron chi connectivity index (χ3n) is 4.04. The molecule has 2 aliphatic rings. The van der Waals surface area contributed by atoms with E-state index in [9.17, 15) is 14.8 Å². The van der Waals surface area contributed by atoms with Gasteiger partial charge in [0.05, 0.1) is 6.42 Å². The van der Waals surface area contributed by atoms with E-state index in [1.165, 1.54) is 0 Å². The molecule has 2 amide bonds. The number of carbonyl (C=O) groups excluding carboxylic acids is 2. The lowest BCUT2D eigenvalue weighted by atomic mass is 10.0. The first-order valence-electron chi connectivity index (χ1n) is 6.35. The van der Waals surface area contributed by atoms with E-state index < -0.39 is 10.7 Å². The van der Waals surface area contributed by atoms with Gasteiger partial charge in [-0.1, -0.05) is 12.1 Å². The average Bonchev–Trinajstić information content (AvgIpc) is 2.68. The van der Waals surface area contributed by atoms with E-state index in [2.05, 4.69) is 0 Å². The van der Waals surface area contributed by atoms with E-state index in [0.717, 1.165) is 16.4 Å². The van der Waals surface area contributed by atoms with E-state index in [-0.39, 0.29) is 31.3 Å². The number of hydrogen-bond acceptors (Lipinski definition) is 4. The lowest BCUT2D eigenvalue weighted by Crippen LogP contribution is -2.96. The van der Waals surface area contributed by atoms with Gasteiger partial charge >= 0.3 is 11.8 Å². The largest absolute Gasteiger partial charge is 0.632 e. The Morgan fingerprint density at radius 3 is 2.79 bits per heavy atom. The number of nitrogen functional groups attached to an aromatic ring is 1. The maximum Gasteiger partial charge on any atom is 0.375 e. The fraction of sp³-hybridized carbons (Fsp3) is 0.385. The molecule has 0 bridgehead atoms. The molecule has 1 saturated heterocycles. The second-order valence-corrected chi connectivity index (χ2v) is 5.32. The summed E-state index contributed by atoms with van der Waals surface area (Å²) in [5, 5.41) is 14.0. The van der Waals surface area contributed by atoms with Gasteiger partial charge < -0.3 is 15.6 Å². The maximum absolute atomic E-state index is 12.9. The second kappa shape index (κ2) is 4.12. The van der Waals surface area contributed by atoms with Crippen LogP contribution in [0.2, 0.25) is 0 Å². The summed E-state index contributed by atoms with van der Waals surface area (Å²) >= 11 is 0. The van der Waals surface area contributed by atoms with Crippen LogP contribution in [0.1, 0.15) is 24.0 Å². The van der Waals surface area contributed by atoms with Crippen molar-refractivity contribution in [3.63, 3.8) is 0 Å². The molecule has 0 aromatic heterocycles. The highest BCUT2D eigenvalue weighted by atomic mass is 16.5. The van der Waals surface area contributed by atoms with Crippen molar-refractivity contribution in [1.29, 1.82) is 0 Å². The molecular formula is C13H16N3O3+. The minimum atomic E-state index is -0.663. The number of nitrogens with zero attached hydrogens (tertiary/aromatic N) is 1. The summed E-state index contributed by atoms with van der Waals surface area (Å²) in [5.41, 5.74) is 8.26. The monoisotopic (exact) mass is 262 g/mol. The Bertz CT molecular complexity index is 572. The Morgan fingerprint density at radius 1 is 1.32 bits per heavy atom. The number of carbonyl (C=O) groups is 2. The molecule has 6 nitrogen and oxygen atoms in total. The van der Waals surface area contributed by atoms with Crippen molar-refractivity contribution in [1.82, 2.24) is 0 Å². The summed E-state index contributed by atoms with van der Waals surface area (Å²) in [6.07, 6.45) is 0.621. The number of rotatable bonds is 1. The van der Waals surface area contributed by atoms with Gasteiger partial charge in [0.1, 0.15) is 13.1 Å². The zero-order chi connectivity index (χ0) is 13.6. The summed E-state index contributed by atoms with van der Waals surface area (Å²) in [6.45, 7) is 0.485. The molecule has 1 aromatic carbocycles. The topological polar surface area (TPSA) is 99.8 Å². The number of quaternary nitrogens is 2. The Kier molecular flexibility index (Phi) is 2.67. The summed E-state index contributed by atoms with van der Waals surface area (Å²) in [6, 6.07) is 4.81. The number of benzene rings is 1. The number of amides is 2. The molecule has 2 unspecified atom stereocenters. The van der Waals surface area contributed by atoms with Crippen LogP contribution in [0.4, 0.5) is 5.69 Å². The molecule has 0 saturated carbocycles. The smallest absolute Gasteiger partial charge is 0.375 e. The van der Waals surface area contributed by atoms with Crippen LogP contribution in [0.15, 0.2) is 18.2 Å². The Balaban J connectivity index is 1.89. The highest BCUT2D eigenvalue weighted by Gasteiger charge is 2.46. The first-order chi connectivity index (χ1) is 8.99. The molecule has 0 radical (unpaired) electrons. The number of nitrogens with two attached hydrogens (primary N) is 2. The van der Waals surface area contributed by atoms with E-state index >= 15 is 0 Å². The molecule has 2 aliphatic heterocycles. The van der Waals surface area contributed by atoms with Crippen molar-refractivity contribution in [2.45, 2.75) is 32.0 Å². The molecule has 1 fully saturated rings. The SMILES string of the molecule is Nc1cccc2c1C[N+]([O-])(C1CCC(=O)[NH2+]C1=O)C2. The third kappa shape index (κ3) is 1.94. The zero-order valence-corrected chi connectivity index (χ0v) is 10.5. The fourth-order valence-corrected chi connectivity index (χ4v) is 3.04. The van der Waals surface area contributed by atoms with Crippen LogP contribution < -0.4 is 11.1 Å². The number of hydrogen-bond donors (Lipinski definition) is 2. The predicted octanol–water partition coefficient (Wildman–Crippen LogP) is -0.624. The molecule has 6 heteroatoms. The molecule has 2 heterocycles. The van der Waals surface area contributed by atoms with E-state index in [4.69, 9.17) is 5.73 Å². The van der Waals surface area contributed by atoms with Crippen molar-refractivity contribution in [2.24, 2.45) is 0 Å². The van der Waals surface area contributed by atoms with Gasteiger partial charge in [-0.25, -0.2) is 14.9 Å². The van der Waals surface area contributed by atoms with Gasteiger partial charge in [-0.2, -0.15) is 0 Å². The van der Waals surface area contributed by atoms with Crippen molar-refractivity contribution < 1.29 is 19.6 Å². The number of primary amides is 2. The van der Waals surface area contributed by atoms with E-state index in [1.54, 1.807) is 6.07 Å². The van der Waals surface area contributed by atoms with Gasteiger partial charge in [-0.3, -0.25) is 0 Å². The number of piperidine rings is 1. The normalized spacial score (nSPS) is 30.5. The first kappa shape index (κ1) is 12.3. The molecule has 0 spiro atoms. The van der Waals surface area contributed by atoms with Crippen LogP contribution in [0.25, 0.3) is 0 Å². The van der Waals surface area contributed by atoms with E-state index in [1.807, 2.05) is 12.1 Å². The van der Waals surface area contributed by atoms with Gasteiger partial charge in [0.2, 0.25) is 6.04 Å². The molecule has 2 atom stereocenters. The number of imide groups is 1. The van der Waals surface area contributed by atoms with Crippen molar-refractivity contribution in [3.05, 3.63) is 34.5 Å². The van der Waals surface area contributed by atoms with Crippen LogP contribution in [0.3, 0.4) is 0 Å². The van der Waals surface area contributed by atoms with Crippen LogP contribution in [-0.2, 0) is 22.7 Å². The number of fused-ring (bicyclic) bond motifs is 1. The van der Waals surface area contributed by atoms with E-state index in [0.29, 0.717) is 12.1 Å². The lowest BCUT2D eigenvalue weighted by molar-refractivity contribution is -0.920. The zero-order valence-electron chi connectivity index (χ0n) is 10.5. The first-order valence-corrected chi connectivity index (χ1v) is 6.35. The minimum absolute atomic E-state index is 0.177. The summed E-state index contributed by atoms with van der Waals surface area (Å²) < 4.78 is -0.605. The molecule has 19 heavy (non-hydrogen) atoms. The fourth-order valence-electron chi connectivity index (χ4n) is 3.04. The second-order valence-electron chi connectivity index (χ2n) is 5.32. The molecule has 3 rings (SSSR count). The summed E-state index contributed by atoms with van der Waals surface area (Å²) in [7, 11) is 0. The molecule has 1 aromatic rings. The lowest BCUT2D eigenvalue weighted by Gasteiger charge is -2.43. The van der Waals surface area contributed by atoms with Crippen LogP contribution in [0, 0.1) is 5.21 Å². The predicted molar refractivity (Wildman–Crippen MR) is 66.9 cm³/mol. The molecule has 100 valence electrons. The minimum Gasteiger partial charge on any atom is -0.632 e. The highest BCUT2D eigenvalue weighted by molar-refractivity contribution is 5.84. The van der Waals surface area contributed by atoms with Crippen LogP contribution in [-0.4, -0.2) is 22.5 Å². The van der Waals surface area contributed by atoms with Crippen LogP contribution >= 0.6 is 0 Å². The van der Waals surface area contributed by atoms with Gasteiger partial charge in [0.15, 0.2) is 0 Å². The maximum atomic E-state index is 12.9. The quantitative estimate of drug-likeness (QED) is 0.305. The third-order valence-corrected chi connectivity index (χ3v) is 4.04. The Morgan fingerprint density at radius 2 is 2.11 bits per heavy atom. The number of anilines is 1. The Labute approximate surface area is 110 Å². The number of hydroxylamine groups is 3. The molecular weight excluding hydrogens is 246 g/mol. The summed E-state index contributed by atoms with van der Waals surface area (Å²) in [5.74, 6) is -0.512. The summed E-state index contributed by atoms with van der Waals surface area (Å²) in [4.78, 5) is 23.1. The molecule has 0 aliphatic carbocycles. The van der Waals surface area contributed by atoms with Crippen LogP contribution in [0.5, 0.6) is 0 Å². The van der Waals surface area contributed by atoms with Gasteiger partial charge in [-0.05, 0) is 6.07 Å². The van der Waals surface area contributed by atoms with Gasteiger partial charge in [-0.15, -0.1) is 0 Å². The highest BCUT2D eigenvalue weighted by Crippen LogP contribution is 2.36. The van der Waals surface area contributed by atoms with Gasteiger partial charge in [0.25, 0.3) is 0 Å². The van der Waals surface area contributed by atoms with Gasteiger partial charge in [0, 0.05) is 23.2 Å². The van der Waals surface area contributed by atoms with Crippen molar-refractivity contribution in [3.8, 4) is 0 Å². The average molecular weight is 262 g/mol. The van der Waals surface area contributed by atoms with Crippen molar-refractivity contribution >= 4 is 17.5 Å². The Hall–Kier alpha value is -1.76. The standard InChI is InChI=1S/C13H15N3O3/c14-10-3-1-2-8-6-16(19,7-9(8)10)11-4-5-12(17)15-13(11)18/h1-3,11H,4-7,14H2,(H,15,17,18)/p+1. The molecule has 4 N–H and O–H groups in total. The van der Waals surface area contributed by atoms with Crippen molar-refractivity contribution in [2.75, 3.05) is 5.73 Å².